The average Bonchev–Trinajstić information content (AvgIpc) is 2.56. The smallest absolute Gasteiger partial charge is 0.305 e. The quantitative estimate of drug-likeness (QED) is 0.825. The summed E-state index contributed by atoms with van der Waals surface area (Å²) in [6, 6.07) is 4.96. The summed E-state index contributed by atoms with van der Waals surface area (Å²) in [5, 5.41) is 8.36. The van der Waals surface area contributed by atoms with Crippen molar-refractivity contribution in [2.24, 2.45) is 9.50 Å². The van der Waals surface area contributed by atoms with Gasteiger partial charge in [0.2, 0.25) is 0 Å². The number of anilines is 1. The first-order valence-electron chi connectivity index (χ1n) is 8.21. The van der Waals surface area contributed by atoms with E-state index in [2.05, 4.69) is 14.7 Å². The summed E-state index contributed by atoms with van der Waals surface area (Å²) in [5.41, 5.74) is 1.76. The van der Waals surface area contributed by atoms with E-state index in [1.807, 2.05) is 27.7 Å². The number of hydrogen-bond donors (Lipinski definition) is 2. The van der Waals surface area contributed by atoms with Gasteiger partial charge < -0.3 is 5.32 Å². The van der Waals surface area contributed by atoms with Gasteiger partial charge in [0, 0.05) is 18.1 Å². The number of amides is 2. The third-order valence-electron chi connectivity index (χ3n) is 3.83. The van der Waals surface area contributed by atoms with Gasteiger partial charge in [-0.25, -0.2) is 18.5 Å². The van der Waals surface area contributed by atoms with Crippen LogP contribution in [-0.4, -0.2) is 15.2 Å². The van der Waals surface area contributed by atoms with Gasteiger partial charge in [-0.2, -0.15) is 0 Å². The highest BCUT2D eigenvalue weighted by Crippen LogP contribution is 2.33. The molecule has 0 aliphatic rings. The maximum Gasteiger partial charge on any atom is 0.354 e. The lowest BCUT2D eigenvalue weighted by atomic mass is 9.92. The molecule has 1 aromatic heterocycles. The van der Waals surface area contributed by atoms with E-state index in [0.717, 1.165) is 0 Å². The van der Waals surface area contributed by atoms with Crippen molar-refractivity contribution in [1.29, 1.82) is 0 Å². The number of pyridine rings is 1. The number of hydrogen-bond acceptors (Lipinski definition) is 3. The van der Waals surface area contributed by atoms with Gasteiger partial charge in [0.05, 0.1) is 4.90 Å². The lowest BCUT2D eigenvalue weighted by Gasteiger charge is -2.19. The molecule has 2 aromatic rings. The van der Waals surface area contributed by atoms with Crippen LogP contribution in [-0.2, 0) is 9.92 Å². The molecule has 26 heavy (non-hydrogen) atoms. The van der Waals surface area contributed by atoms with Crippen molar-refractivity contribution < 1.29 is 13.4 Å². The number of halogens is 1. The van der Waals surface area contributed by atoms with Gasteiger partial charge in [-0.05, 0) is 47.2 Å². The molecule has 0 bridgehead atoms. The highest BCUT2D eigenvalue weighted by atomic mass is 32.2. The fraction of sp³-hybridized carbons (Fsp3) is 0.333. The predicted octanol–water partition coefficient (Wildman–Crippen LogP) is 4.40. The number of nitrogens with zero attached hydrogens (tertiary/aromatic N) is 2. The molecule has 1 atom stereocenters. The van der Waals surface area contributed by atoms with Gasteiger partial charge in [0.25, 0.3) is 0 Å². The lowest BCUT2D eigenvalue weighted by Crippen LogP contribution is -2.19. The molecular weight excluding hydrogens is 355 g/mol. The molecule has 0 fully saturated rings. The van der Waals surface area contributed by atoms with Gasteiger partial charge in [-0.1, -0.05) is 27.7 Å². The maximum atomic E-state index is 13.9. The van der Waals surface area contributed by atoms with E-state index in [1.54, 1.807) is 6.07 Å². The summed E-state index contributed by atoms with van der Waals surface area (Å²) in [6.07, 6.45) is 2.80. The van der Waals surface area contributed by atoms with Crippen molar-refractivity contribution in [3.8, 4) is 0 Å². The summed E-state index contributed by atoms with van der Waals surface area (Å²) in [6.45, 7) is 7.58. The fourth-order valence-corrected chi connectivity index (χ4v) is 3.41. The number of benzene rings is 1. The second kappa shape index (κ2) is 7.92. The van der Waals surface area contributed by atoms with E-state index < -0.39 is 15.9 Å². The van der Waals surface area contributed by atoms with Crippen LogP contribution < -0.4 is 10.5 Å². The van der Waals surface area contributed by atoms with Crippen molar-refractivity contribution in [2.45, 2.75) is 44.4 Å². The minimum atomic E-state index is -3.43. The van der Waals surface area contributed by atoms with Crippen LogP contribution in [0.15, 0.2) is 45.9 Å². The zero-order valence-corrected chi connectivity index (χ0v) is 16.0. The molecule has 0 radical (unpaired) electrons. The third kappa shape index (κ3) is 4.64. The van der Waals surface area contributed by atoms with E-state index >= 15 is 0 Å². The van der Waals surface area contributed by atoms with E-state index in [4.69, 9.17) is 5.14 Å². The first-order chi connectivity index (χ1) is 12.1. The van der Waals surface area contributed by atoms with Gasteiger partial charge in [-0.3, -0.25) is 4.98 Å². The van der Waals surface area contributed by atoms with Crippen LogP contribution in [0.2, 0.25) is 0 Å². The lowest BCUT2D eigenvalue weighted by molar-refractivity contribution is 0.260. The molecular formula is C18H23FN4O2S. The highest BCUT2D eigenvalue weighted by Gasteiger charge is 2.19. The summed E-state index contributed by atoms with van der Waals surface area (Å²) < 4.78 is 30.1. The monoisotopic (exact) mass is 378 g/mol. The van der Waals surface area contributed by atoms with Gasteiger partial charge in [0.15, 0.2) is 0 Å². The highest BCUT2D eigenvalue weighted by molar-refractivity contribution is 7.91. The summed E-state index contributed by atoms with van der Waals surface area (Å²) in [5.74, 6) is -0.427. The Morgan fingerprint density at radius 1 is 1.23 bits per heavy atom. The number of urea groups is 1. The second-order valence-electron chi connectivity index (χ2n) is 6.55. The molecule has 0 saturated carbocycles. The van der Waals surface area contributed by atoms with E-state index in [-0.39, 0.29) is 22.5 Å². The average molecular weight is 378 g/mol. The number of carbonyl (C=O) groups excluding carboxylic acids is 1. The van der Waals surface area contributed by atoms with E-state index in [0.29, 0.717) is 16.8 Å². The molecule has 0 saturated heterocycles. The molecule has 0 aliphatic heterocycles. The summed E-state index contributed by atoms with van der Waals surface area (Å²) >= 11 is 0. The molecule has 0 aliphatic carbocycles. The first kappa shape index (κ1) is 20.0. The zero-order chi connectivity index (χ0) is 19.5. The maximum absolute atomic E-state index is 13.9. The van der Waals surface area contributed by atoms with Crippen LogP contribution in [0.1, 0.15) is 50.7 Å². The predicted molar refractivity (Wildman–Crippen MR) is 101 cm³/mol. The Kier molecular flexibility index (Phi) is 6.09. The first-order valence-corrected chi connectivity index (χ1v) is 9.79. The molecule has 6 nitrogen and oxygen atoms in total. The van der Waals surface area contributed by atoms with Crippen LogP contribution in [0.25, 0.3) is 0 Å². The third-order valence-corrected chi connectivity index (χ3v) is 5.18. The largest absolute Gasteiger partial charge is 0.354 e. The number of nitrogens with two attached hydrogens (primary N) is 1. The van der Waals surface area contributed by atoms with Gasteiger partial charge in [0.1, 0.15) is 15.7 Å². The Morgan fingerprint density at radius 2 is 1.81 bits per heavy atom. The molecule has 2 amide bonds. The van der Waals surface area contributed by atoms with Crippen LogP contribution in [0.3, 0.4) is 0 Å². The van der Waals surface area contributed by atoms with Crippen LogP contribution in [0.5, 0.6) is 0 Å². The van der Waals surface area contributed by atoms with Gasteiger partial charge >= 0.3 is 6.03 Å². The van der Waals surface area contributed by atoms with Crippen LogP contribution >= 0.6 is 0 Å². The van der Waals surface area contributed by atoms with Crippen molar-refractivity contribution in [2.75, 3.05) is 5.32 Å². The molecule has 0 spiro atoms. The molecule has 1 unspecified atom stereocenters. The Hall–Kier alpha value is -2.32. The molecule has 140 valence electrons. The standard InChI is InChI=1S/C18H23FN4O2S/c1-11(2)15-8-13(19)9-16(12(3)4)17(15)22-18(24)23-26(20,25)14-6-5-7-21-10-14/h5-12H,1-4H3,(H3,20,22,23,24,25). The summed E-state index contributed by atoms with van der Waals surface area (Å²) in [7, 11) is -3.43. The Balaban J connectivity index is 2.46. The number of nitrogens with one attached hydrogen (secondary N) is 1. The Morgan fingerprint density at radius 3 is 2.27 bits per heavy atom. The SMILES string of the molecule is CC(C)c1cc(F)cc(C(C)C)c1NC(=O)N=S(N)(=O)c1cccnc1. The summed E-state index contributed by atoms with van der Waals surface area (Å²) in [4.78, 5) is 16.4. The topological polar surface area (TPSA) is 97.4 Å². The second-order valence-corrected chi connectivity index (χ2v) is 8.34. The minimum absolute atomic E-state index is 0.0287. The van der Waals surface area contributed by atoms with Crippen molar-refractivity contribution in [3.63, 3.8) is 0 Å². The number of aromatic nitrogens is 1. The number of carbonyl (C=O) groups is 1. The number of rotatable bonds is 4. The molecule has 3 N–H and O–H groups in total. The van der Waals surface area contributed by atoms with Gasteiger partial charge in [-0.15, -0.1) is 4.36 Å². The van der Waals surface area contributed by atoms with E-state index in [1.165, 1.54) is 30.6 Å². The van der Waals surface area contributed by atoms with Crippen molar-refractivity contribution in [3.05, 3.63) is 53.6 Å². The fourth-order valence-electron chi connectivity index (χ4n) is 2.53. The molecule has 1 aromatic carbocycles. The molecule has 1 heterocycles. The Labute approximate surface area is 153 Å². The molecule has 8 heteroatoms. The normalized spacial score (nSPS) is 13.5. The minimum Gasteiger partial charge on any atom is -0.305 e. The van der Waals surface area contributed by atoms with E-state index in [9.17, 15) is 13.4 Å². The van der Waals surface area contributed by atoms with Crippen molar-refractivity contribution in [1.82, 2.24) is 4.98 Å². The zero-order valence-electron chi connectivity index (χ0n) is 15.2. The van der Waals surface area contributed by atoms with Crippen molar-refractivity contribution >= 4 is 21.6 Å². The molecule has 2 rings (SSSR count). The Bertz CT molecular complexity index is 891. The van der Waals surface area contributed by atoms with Crippen LogP contribution in [0.4, 0.5) is 14.9 Å². The van der Waals surface area contributed by atoms with Crippen LogP contribution in [0, 0.1) is 5.82 Å².